The van der Waals surface area contributed by atoms with E-state index in [9.17, 15) is 14.4 Å². The van der Waals surface area contributed by atoms with Crippen molar-refractivity contribution < 1.29 is 38.1 Å². The van der Waals surface area contributed by atoms with Crippen molar-refractivity contribution in [3.05, 3.63) is 112 Å². The number of urea groups is 1. The molecule has 1 heterocycles. The van der Waals surface area contributed by atoms with E-state index in [1.165, 1.54) is 19.3 Å². The summed E-state index contributed by atoms with van der Waals surface area (Å²) in [6, 6.07) is 24.5. The minimum Gasteiger partial charge on any atom is -0.493 e. The Morgan fingerprint density at radius 1 is 0.729 bits per heavy atom. The van der Waals surface area contributed by atoms with Crippen LogP contribution in [0.25, 0.3) is 6.08 Å². The molecular formula is C37H35BrN2O8. The average molecular weight is 716 g/mol. The fourth-order valence-electron chi connectivity index (χ4n) is 4.86. The van der Waals surface area contributed by atoms with Gasteiger partial charge in [-0.15, -0.1) is 0 Å². The molecule has 248 valence electrons. The molecule has 1 saturated heterocycles. The molecule has 0 aromatic heterocycles. The van der Waals surface area contributed by atoms with E-state index in [1.54, 1.807) is 30.3 Å². The molecule has 0 radical (unpaired) electrons. The number of anilines is 1. The molecule has 48 heavy (non-hydrogen) atoms. The number of hydrogen-bond donors (Lipinski definition) is 1. The number of hydrogen-bond acceptors (Lipinski definition) is 8. The highest BCUT2D eigenvalue weighted by Gasteiger charge is 2.37. The van der Waals surface area contributed by atoms with E-state index in [-0.39, 0.29) is 17.9 Å². The summed E-state index contributed by atoms with van der Waals surface area (Å²) in [5, 5.41) is 2.26. The number of imide groups is 2. The van der Waals surface area contributed by atoms with Gasteiger partial charge >= 0.3 is 6.03 Å². The third kappa shape index (κ3) is 8.16. The summed E-state index contributed by atoms with van der Waals surface area (Å²) in [5.41, 5.74) is 2.27. The fraction of sp³-hybridized carbons (Fsp3) is 0.216. The predicted octanol–water partition coefficient (Wildman–Crippen LogP) is 7.47. The van der Waals surface area contributed by atoms with E-state index in [1.807, 2.05) is 62.4 Å². The first-order valence-electron chi connectivity index (χ1n) is 15.4. The number of ether oxygens (including phenoxy) is 5. The molecule has 4 aromatic rings. The lowest BCUT2D eigenvalue weighted by Crippen LogP contribution is -2.54. The second kappa shape index (κ2) is 16.0. The maximum absolute atomic E-state index is 13.7. The molecule has 5 rings (SSSR count). The van der Waals surface area contributed by atoms with Crippen LogP contribution < -0.4 is 33.9 Å². The lowest BCUT2D eigenvalue weighted by molar-refractivity contribution is -0.122. The van der Waals surface area contributed by atoms with Gasteiger partial charge in [0.15, 0.2) is 23.0 Å². The maximum atomic E-state index is 13.7. The molecule has 0 aliphatic carbocycles. The number of nitrogens with zero attached hydrogens (tertiary/aromatic N) is 1. The zero-order valence-electron chi connectivity index (χ0n) is 26.8. The molecule has 1 aliphatic heterocycles. The summed E-state index contributed by atoms with van der Waals surface area (Å²) in [4.78, 5) is 40.4. The number of rotatable bonds is 14. The number of methoxy groups -OCH3 is 1. The Morgan fingerprint density at radius 3 is 2.19 bits per heavy atom. The zero-order chi connectivity index (χ0) is 34.0. The molecule has 1 fully saturated rings. The molecule has 0 spiro atoms. The Balaban J connectivity index is 1.37. The van der Waals surface area contributed by atoms with Crippen molar-refractivity contribution in [2.75, 3.05) is 25.2 Å². The summed E-state index contributed by atoms with van der Waals surface area (Å²) < 4.78 is 29.9. The molecule has 1 aliphatic rings. The maximum Gasteiger partial charge on any atom is 0.335 e. The highest BCUT2D eigenvalue weighted by molar-refractivity contribution is 9.10. The van der Waals surface area contributed by atoms with E-state index in [4.69, 9.17) is 23.7 Å². The Hall–Kier alpha value is -5.29. The van der Waals surface area contributed by atoms with Crippen molar-refractivity contribution in [1.82, 2.24) is 5.32 Å². The largest absolute Gasteiger partial charge is 0.493 e. The van der Waals surface area contributed by atoms with Crippen LogP contribution in [0.1, 0.15) is 37.0 Å². The second-order valence-electron chi connectivity index (χ2n) is 10.6. The van der Waals surface area contributed by atoms with Crippen molar-refractivity contribution in [1.29, 1.82) is 0 Å². The van der Waals surface area contributed by atoms with Crippen LogP contribution in [0.2, 0.25) is 0 Å². The van der Waals surface area contributed by atoms with Gasteiger partial charge < -0.3 is 23.7 Å². The molecule has 0 atom stereocenters. The van der Waals surface area contributed by atoms with Crippen LogP contribution in [0, 0.1) is 0 Å². The first-order valence-corrected chi connectivity index (χ1v) is 16.2. The molecule has 0 saturated carbocycles. The van der Waals surface area contributed by atoms with Crippen LogP contribution in [-0.4, -0.2) is 38.2 Å². The van der Waals surface area contributed by atoms with Crippen molar-refractivity contribution in [3.8, 4) is 28.7 Å². The van der Waals surface area contributed by atoms with Crippen LogP contribution in [-0.2, 0) is 22.8 Å². The third-order valence-corrected chi connectivity index (χ3v) is 7.67. The van der Waals surface area contributed by atoms with Gasteiger partial charge in [-0.25, -0.2) is 9.69 Å². The van der Waals surface area contributed by atoms with E-state index in [0.29, 0.717) is 58.6 Å². The Labute approximate surface area is 287 Å². The summed E-state index contributed by atoms with van der Waals surface area (Å²) >= 11 is 3.46. The standard InChI is InChI=1S/C37H35BrN2O8/c1-4-17-46-31-16-13-28(21-33(31)44-3)40-36(42)29(35(41)39-37(40)43)20-26-19-27(38)12-15-30(26)47-23-25-11-14-32(34(18-25)45-5-2)48-22-24-9-7-6-8-10-24/h6-16,18-21H,4-5,17,22-23H2,1-3H3,(H,39,41,43)/b29-20-. The monoisotopic (exact) mass is 714 g/mol. The number of carbonyl (C=O) groups excluding carboxylic acids is 3. The Bertz CT molecular complexity index is 1830. The van der Waals surface area contributed by atoms with Crippen LogP contribution in [0.15, 0.2) is 95.0 Å². The number of carbonyl (C=O) groups is 3. The normalized spacial score (nSPS) is 13.7. The van der Waals surface area contributed by atoms with Gasteiger partial charge in [-0.05, 0) is 73.0 Å². The first-order chi connectivity index (χ1) is 23.3. The lowest BCUT2D eigenvalue weighted by atomic mass is 10.1. The molecule has 4 amide bonds. The van der Waals surface area contributed by atoms with Crippen LogP contribution >= 0.6 is 15.9 Å². The number of amides is 4. The molecule has 4 aromatic carbocycles. The quantitative estimate of drug-likeness (QED) is 0.106. The topological polar surface area (TPSA) is 113 Å². The predicted molar refractivity (Wildman–Crippen MR) is 185 cm³/mol. The molecule has 1 N–H and O–H groups in total. The molecule has 0 unspecified atom stereocenters. The minimum absolute atomic E-state index is 0.161. The van der Waals surface area contributed by atoms with E-state index >= 15 is 0 Å². The number of nitrogens with one attached hydrogen (secondary N) is 1. The number of halogens is 1. The van der Waals surface area contributed by atoms with E-state index in [0.717, 1.165) is 22.4 Å². The van der Waals surface area contributed by atoms with Gasteiger partial charge in [-0.2, -0.15) is 0 Å². The van der Waals surface area contributed by atoms with Gasteiger partial charge in [0.25, 0.3) is 11.8 Å². The van der Waals surface area contributed by atoms with Gasteiger partial charge in [0.2, 0.25) is 0 Å². The van der Waals surface area contributed by atoms with Gasteiger partial charge in [-0.1, -0.05) is 59.3 Å². The summed E-state index contributed by atoms with van der Waals surface area (Å²) in [7, 11) is 1.46. The SMILES string of the molecule is CCCOc1ccc(N2C(=O)NC(=O)/C(=C/c3cc(Br)ccc3OCc3ccc(OCc4ccccc4)c(OCC)c3)C2=O)cc1OC. The summed E-state index contributed by atoms with van der Waals surface area (Å²) in [6.45, 7) is 5.36. The second-order valence-corrected chi connectivity index (χ2v) is 11.5. The highest BCUT2D eigenvalue weighted by atomic mass is 79.9. The van der Waals surface area contributed by atoms with Crippen molar-refractivity contribution in [2.24, 2.45) is 0 Å². The fourth-order valence-corrected chi connectivity index (χ4v) is 5.24. The van der Waals surface area contributed by atoms with Crippen LogP contribution in [0.4, 0.5) is 10.5 Å². The van der Waals surface area contributed by atoms with Crippen molar-refractivity contribution >= 4 is 45.5 Å². The van der Waals surface area contributed by atoms with E-state index in [2.05, 4.69) is 21.2 Å². The average Bonchev–Trinajstić information content (AvgIpc) is 3.09. The highest BCUT2D eigenvalue weighted by Crippen LogP contribution is 2.35. The summed E-state index contributed by atoms with van der Waals surface area (Å²) in [5.74, 6) is 0.800. The molecule has 10 nitrogen and oxygen atoms in total. The van der Waals surface area contributed by atoms with Crippen molar-refractivity contribution in [2.45, 2.75) is 33.5 Å². The smallest absolute Gasteiger partial charge is 0.335 e. The Kier molecular flexibility index (Phi) is 11.4. The zero-order valence-corrected chi connectivity index (χ0v) is 28.4. The van der Waals surface area contributed by atoms with Gasteiger partial charge in [-0.3, -0.25) is 14.9 Å². The summed E-state index contributed by atoms with van der Waals surface area (Å²) in [6.07, 6.45) is 2.19. The first kappa shape index (κ1) is 34.1. The van der Waals surface area contributed by atoms with Crippen LogP contribution in [0.3, 0.4) is 0 Å². The van der Waals surface area contributed by atoms with E-state index < -0.39 is 17.8 Å². The third-order valence-electron chi connectivity index (χ3n) is 7.18. The molecule has 11 heteroatoms. The van der Waals surface area contributed by atoms with Gasteiger partial charge in [0.05, 0.1) is 26.0 Å². The molecule has 0 bridgehead atoms. The lowest BCUT2D eigenvalue weighted by Gasteiger charge is -2.27. The van der Waals surface area contributed by atoms with Gasteiger partial charge in [0, 0.05) is 16.1 Å². The van der Waals surface area contributed by atoms with Crippen LogP contribution in [0.5, 0.6) is 28.7 Å². The minimum atomic E-state index is -0.876. The Morgan fingerprint density at radius 2 is 1.44 bits per heavy atom. The van der Waals surface area contributed by atoms with Crippen molar-refractivity contribution in [3.63, 3.8) is 0 Å². The molecular weight excluding hydrogens is 680 g/mol. The number of benzene rings is 4. The van der Waals surface area contributed by atoms with Gasteiger partial charge in [0.1, 0.15) is 24.5 Å². The number of barbiturate groups is 1.